The van der Waals surface area contributed by atoms with E-state index in [0.717, 1.165) is 6.21 Å². The molecule has 0 bridgehead atoms. The number of ether oxygens (including phenoxy) is 1. The first-order valence-electron chi connectivity index (χ1n) is 5.05. The van der Waals surface area contributed by atoms with Crippen LogP contribution in [0.5, 0.6) is 0 Å². The molecule has 0 aromatic carbocycles. The molecule has 2 rings (SSSR count). The Labute approximate surface area is 95.9 Å². The van der Waals surface area contributed by atoms with Crippen LogP contribution in [0.3, 0.4) is 0 Å². The molecule has 0 aromatic rings. The number of hydrogen-bond donors (Lipinski definition) is 4. The smallest absolute Gasteiger partial charge is 0.268 e. The van der Waals surface area contributed by atoms with Gasteiger partial charge < -0.3 is 20.1 Å². The third kappa shape index (κ3) is 2.07. The van der Waals surface area contributed by atoms with Crippen molar-refractivity contribution in [2.24, 2.45) is 4.99 Å². The fourth-order valence-corrected chi connectivity index (χ4v) is 1.87. The molecule has 2 aliphatic rings. The maximum Gasteiger partial charge on any atom is 0.268 e. The third-order valence-corrected chi connectivity index (χ3v) is 2.76. The molecule has 0 spiro atoms. The summed E-state index contributed by atoms with van der Waals surface area (Å²) in [6.45, 7) is -0.480. The van der Waals surface area contributed by atoms with Crippen LogP contribution in [-0.4, -0.2) is 70.4 Å². The number of imide groups is 1. The van der Waals surface area contributed by atoms with Crippen LogP contribution in [0.25, 0.3) is 0 Å². The van der Waals surface area contributed by atoms with E-state index in [2.05, 4.69) is 4.99 Å². The molecule has 0 aromatic heterocycles. The fourth-order valence-electron chi connectivity index (χ4n) is 1.87. The van der Waals surface area contributed by atoms with Crippen molar-refractivity contribution in [3.63, 3.8) is 0 Å². The topological polar surface area (TPSA) is 128 Å². The first kappa shape index (κ1) is 12.1. The van der Waals surface area contributed by atoms with Crippen LogP contribution in [-0.2, 0) is 14.3 Å². The summed E-state index contributed by atoms with van der Waals surface area (Å²) in [6.07, 6.45) is -3.75. The molecule has 2 heterocycles. The second-order valence-electron chi connectivity index (χ2n) is 3.88. The van der Waals surface area contributed by atoms with Gasteiger partial charge >= 0.3 is 0 Å². The van der Waals surface area contributed by atoms with Gasteiger partial charge in [0, 0.05) is 0 Å². The van der Waals surface area contributed by atoms with Gasteiger partial charge in [-0.3, -0.25) is 19.9 Å². The first-order valence-corrected chi connectivity index (χ1v) is 5.05. The fraction of sp³-hybridized carbons (Fsp3) is 0.667. The van der Waals surface area contributed by atoms with Gasteiger partial charge in [0.25, 0.3) is 11.8 Å². The number of aliphatic hydroxyl groups excluding tert-OH is 3. The maximum absolute atomic E-state index is 11.5. The SMILES string of the molecule is O=C1C=NC([C@@H]2O[C@H](CO)[C@H](O)C2O)C(=O)N1. The molecule has 1 saturated heterocycles. The summed E-state index contributed by atoms with van der Waals surface area (Å²) in [7, 11) is 0. The van der Waals surface area contributed by atoms with Crippen molar-refractivity contribution in [2.75, 3.05) is 6.61 Å². The zero-order chi connectivity index (χ0) is 12.6. The molecule has 0 radical (unpaired) electrons. The van der Waals surface area contributed by atoms with Gasteiger partial charge in [-0.15, -0.1) is 0 Å². The minimum Gasteiger partial charge on any atom is -0.394 e. The molecular weight excluding hydrogens is 232 g/mol. The Hall–Kier alpha value is -1.35. The molecule has 8 heteroatoms. The van der Waals surface area contributed by atoms with Gasteiger partial charge in [0.1, 0.15) is 24.4 Å². The normalized spacial score (nSPS) is 41.7. The summed E-state index contributed by atoms with van der Waals surface area (Å²) < 4.78 is 5.14. The van der Waals surface area contributed by atoms with Crippen molar-refractivity contribution in [1.82, 2.24) is 5.32 Å². The Bertz CT molecular complexity index is 370. The van der Waals surface area contributed by atoms with Gasteiger partial charge in [0.2, 0.25) is 0 Å². The standard InChI is InChI=1S/C9H12N2O6/c12-2-3-6(14)7(15)8(17-3)5-9(16)11-4(13)1-10-5/h1,3,5-8,12,14-15H,2H2,(H,11,13,16)/t3-,5?,6+,7?,8+/m1/s1. The average Bonchev–Trinajstić information content (AvgIpc) is 2.57. The average molecular weight is 244 g/mol. The van der Waals surface area contributed by atoms with Crippen molar-refractivity contribution < 1.29 is 29.6 Å². The quantitative estimate of drug-likeness (QED) is 0.374. The lowest BCUT2D eigenvalue weighted by molar-refractivity contribution is -0.132. The minimum atomic E-state index is -1.34. The molecule has 2 amide bonds. The number of aliphatic imine (C=N–C) groups is 1. The number of aliphatic hydroxyl groups is 3. The molecule has 1 fully saturated rings. The Kier molecular flexibility index (Phi) is 3.20. The monoisotopic (exact) mass is 244 g/mol. The number of rotatable bonds is 2. The van der Waals surface area contributed by atoms with E-state index in [1.807, 2.05) is 5.32 Å². The second-order valence-corrected chi connectivity index (χ2v) is 3.88. The van der Waals surface area contributed by atoms with Crippen LogP contribution in [0.15, 0.2) is 4.99 Å². The Morgan fingerprint density at radius 3 is 2.59 bits per heavy atom. The van der Waals surface area contributed by atoms with Crippen molar-refractivity contribution in [1.29, 1.82) is 0 Å². The molecule has 0 saturated carbocycles. The highest BCUT2D eigenvalue weighted by Crippen LogP contribution is 2.25. The highest BCUT2D eigenvalue weighted by Gasteiger charge is 2.48. The number of hydrogen-bond acceptors (Lipinski definition) is 7. The van der Waals surface area contributed by atoms with Gasteiger partial charge in [-0.25, -0.2) is 0 Å². The summed E-state index contributed by atoms with van der Waals surface area (Å²) in [5.74, 6) is -1.34. The van der Waals surface area contributed by atoms with Gasteiger partial charge in [0.05, 0.1) is 12.8 Å². The molecule has 2 aliphatic heterocycles. The zero-order valence-electron chi connectivity index (χ0n) is 8.68. The second kappa shape index (κ2) is 4.49. The lowest BCUT2D eigenvalue weighted by Gasteiger charge is -2.23. The summed E-state index contributed by atoms with van der Waals surface area (Å²) in [5, 5.41) is 30.1. The van der Waals surface area contributed by atoms with E-state index in [1.54, 1.807) is 0 Å². The van der Waals surface area contributed by atoms with Crippen molar-refractivity contribution >= 4 is 18.0 Å². The van der Waals surface area contributed by atoms with Crippen LogP contribution in [0, 0.1) is 0 Å². The van der Waals surface area contributed by atoms with Crippen molar-refractivity contribution in [3.8, 4) is 0 Å². The number of nitrogens with one attached hydrogen (secondary N) is 1. The molecule has 2 unspecified atom stereocenters. The Morgan fingerprint density at radius 2 is 2.06 bits per heavy atom. The number of carbonyl (C=O) groups excluding carboxylic acids is 2. The first-order chi connectivity index (χ1) is 8.04. The van der Waals surface area contributed by atoms with Gasteiger partial charge in [-0.05, 0) is 0 Å². The molecule has 17 heavy (non-hydrogen) atoms. The van der Waals surface area contributed by atoms with Crippen molar-refractivity contribution in [3.05, 3.63) is 0 Å². The Morgan fingerprint density at radius 1 is 1.35 bits per heavy atom. The van der Waals surface area contributed by atoms with E-state index >= 15 is 0 Å². The molecular formula is C9H12N2O6. The van der Waals surface area contributed by atoms with E-state index in [4.69, 9.17) is 9.84 Å². The Balaban J connectivity index is 2.16. The van der Waals surface area contributed by atoms with E-state index in [0.29, 0.717) is 0 Å². The van der Waals surface area contributed by atoms with Crippen LogP contribution < -0.4 is 5.32 Å². The summed E-state index contributed by atoms with van der Waals surface area (Å²) in [4.78, 5) is 25.9. The summed E-state index contributed by atoms with van der Waals surface area (Å²) in [6, 6.07) is -1.10. The van der Waals surface area contributed by atoms with E-state index in [-0.39, 0.29) is 0 Å². The minimum absolute atomic E-state index is 0.480. The predicted molar refractivity (Wildman–Crippen MR) is 53.2 cm³/mol. The summed E-state index contributed by atoms with van der Waals surface area (Å²) in [5.41, 5.74) is 0. The summed E-state index contributed by atoms with van der Waals surface area (Å²) >= 11 is 0. The predicted octanol–water partition coefficient (Wildman–Crippen LogP) is -3.44. The van der Waals surface area contributed by atoms with E-state index in [1.165, 1.54) is 0 Å². The molecule has 0 aliphatic carbocycles. The highest BCUT2D eigenvalue weighted by molar-refractivity contribution is 6.32. The largest absolute Gasteiger partial charge is 0.394 e. The zero-order valence-corrected chi connectivity index (χ0v) is 8.68. The van der Waals surface area contributed by atoms with Gasteiger partial charge in [-0.2, -0.15) is 0 Å². The molecule has 94 valence electrons. The number of nitrogens with zero attached hydrogens (tertiary/aromatic N) is 1. The molecule has 8 nitrogen and oxygen atoms in total. The van der Waals surface area contributed by atoms with Crippen LogP contribution in [0.2, 0.25) is 0 Å². The number of amides is 2. The lowest BCUT2D eigenvalue weighted by atomic mass is 10.0. The lowest BCUT2D eigenvalue weighted by Crippen LogP contribution is -2.51. The molecule has 4 N–H and O–H groups in total. The maximum atomic E-state index is 11.5. The van der Waals surface area contributed by atoms with Crippen molar-refractivity contribution in [2.45, 2.75) is 30.5 Å². The molecule has 5 atom stereocenters. The van der Waals surface area contributed by atoms with Gasteiger partial charge in [-0.1, -0.05) is 0 Å². The third-order valence-electron chi connectivity index (χ3n) is 2.76. The van der Waals surface area contributed by atoms with E-state index in [9.17, 15) is 19.8 Å². The number of carbonyl (C=O) groups is 2. The highest BCUT2D eigenvalue weighted by atomic mass is 16.6. The van der Waals surface area contributed by atoms with Crippen LogP contribution in [0.4, 0.5) is 0 Å². The van der Waals surface area contributed by atoms with E-state index < -0.39 is 48.9 Å². The van der Waals surface area contributed by atoms with Crippen LogP contribution in [0.1, 0.15) is 0 Å². The van der Waals surface area contributed by atoms with Crippen LogP contribution >= 0.6 is 0 Å². The van der Waals surface area contributed by atoms with Gasteiger partial charge in [0.15, 0.2) is 6.04 Å².